The van der Waals surface area contributed by atoms with Crippen LogP contribution in [0.4, 0.5) is 0 Å². The molecule has 3 heterocycles. The third-order valence-electron chi connectivity index (χ3n) is 3.28. The Morgan fingerprint density at radius 1 is 1.41 bits per heavy atom. The molecule has 9 heteroatoms. The number of fused-ring (bicyclic) bond motifs is 1. The van der Waals surface area contributed by atoms with E-state index in [-0.39, 0.29) is 35.1 Å². The first-order chi connectivity index (χ1) is 9.92. The molecule has 0 N–H and O–H groups in total. The van der Waals surface area contributed by atoms with Crippen LogP contribution in [0.3, 0.4) is 0 Å². The van der Waals surface area contributed by atoms with Gasteiger partial charge < -0.3 is 9.90 Å². The minimum absolute atomic E-state index is 0. The molecule has 108 valence electrons. The molecule has 22 heavy (non-hydrogen) atoms. The van der Waals surface area contributed by atoms with Crippen molar-refractivity contribution in [2.45, 2.75) is 5.37 Å². The van der Waals surface area contributed by atoms with Crippen LogP contribution in [0.5, 0.6) is 0 Å². The SMILES string of the molecule is O=C([O-])C1=CCS(=O)(=O)[C@@H]2/C(=C/c3ccccn3)C(=O)N12.[Na+]. The van der Waals surface area contributed by atoms with Gasteiger partial charge in [-0.25, -0.2) is 8.42 Å². The number of hydrogen-bond donors (Lipinski definition) is 0. The summed E-state index contributed by atoms with van der Waals surface area (Å²) in [5.41, 5.74) is 0.0406. The maximum Gasteiger partial charge on any atom is 1.00 e. The Bertz CT molecular complexity index is 801. The van der Waals surface area contributed by atoms with Crippen LogP contribution in [-0.2, 0) is 19.4 Å². The third-order valence-corrected chi connectivity index (χ3v) is 5.05. The number of carbonyl (C=O) groups excluding carboxylic acids is 2. The Labute approximate surface area is 148 Å². The first-order valence-corrected chi connectivity index (χ1v) is 7.72. The van der Waals surface area contributed by atoms with Gasteiger partial charge in [-0.15, -0.1) is 0 Å². The topological polar surface area (TPSA) is 107 Å². The number of amides is 1. The van der Waals surface area contributed by atoms with Crippen molar-refractivity contribution in [1.29, 1.82) is 0 Å². The van der Waals surface area contributed by atoms with E-state index in [1.165, 1.54) is 12.3 Å². The average Bonchev–Trinajstić information content (AvgIpc) is 2.44. The zero-order valence-electron chi connectivity index (χ0n) is 11.6. The maximum atomic E-state index is 12.0. The molecule has 0 spiro atoms. The van der Waals surface area contributed by atoms with E-state index in [4.69, 9.17) is 0 Å². The van der Waals surface area contributed by atoms with Gasteiger partial charge in [-0.3, -0.25) is 14.7 Å². The van der Waals surface area contributed by atoms with Gasteiger partial charge in [0.1, 0.15) is 0 Å². The Kier molecular flexibility index (Phi) is 4.57. The van der Waals surface area contributed by atoms with Crippen molar-refractivity contribution >= 4 is 27.8 Å². The van der Waals surface area contributed by atoms with Gasteiger partial charge in [0.25, 0.3) is 5.91 Å². The van der Waals surface area contributed by atoms with Crippen LogP contribution >= 0.6 is 0 Å². The minimum Gasteiger partial charge on any atom is -0.543 e. The number of aliphatic carboxylic acids is 1. The number of hydrogen-bond acceptors (Lipinski definition) is 6. The number of β-lactam (4-membered cyclic amide) rings is 1. The zero-order valence-corrected chi connectivity index (χ0v) is 14.4. The number of carboxylic acid groups (broad SMARTS) is 1. The first kappa shape index (κ1) is 16.9. The van der Waals surface area contributed by atoms with Crippen molar-refractivity contribution in [3.05, 3.63) is 47.4 Å². The van der Waals surface area contributed by atoms with Crippen LogP contribution in [0.2, 0.25) is 0 Å². The molecule has 2 aliphatic rings. The molecule has 1 fully saturated rings. The summed E-state index contributed by atoms with van der Waals surface area (Å²) in [5, 5.41) is 9.69. The predicted molar refractivity (Wildman–Crippen MR) is 69.7 cm³/mol. The van der Waals surface area contributed by atoms with E-state index in [1.807, 2.05) is 0 Å². The average molecular weight is 328 g/mol. The van der Waals surface area contributed by atoms with Gasteiger partial charge in [-0.1, -0.05) is 6.07 Å². The van der Waals surface area contributed by atoms with Crippen molar-refractivity contribution in [1.82, 2.24) is 9.88 Å². The molecule has 2 aliphatic heterocycles. The van der Waals surface area contributed by atoms with E-state index in [0.29, 0.717) is 5.69 Å². The zero-order chi connectivity index (χ0) is 15.2. The number of rotatable bonds is 2. The molecule has 3 rings (SSSR count). The Balaban J connectivity index is 0.00000176. The van der Waals surface area contributed by atoms with Crippen LogP contribution in [0.1, 0.15) is 5.69 Å². The normalized spacial score (nSPS) is 23.9. The fourth-order valence-corrected chi connectivity index (χ4v) is 3.99. The van der Waals surface area contributed by atoms with Crippen molar-refractivity contribution in [2.75, 3.05) is 5.75 Å². The molecule has 1 saturated heterocycles. The second-order valence-corrected chi connectivity index (χ2v) is 6.69. The summed E-state index contributed by atoms with van der Waals surface area (Å²) < 4.78 is 24.1. The van der Waals surface area contributed by atoms with Crippen LogP contribution in [0.25, 0.3) is 6.08 Å². The standard InChI is InChI=1S/C13H10N2O5S.Na/c16-11-9(7-8-3-1-2-5-14-8)12-15(11)10(13(17)18)4-6-21(12,19)20;/h1-5,7,12H,6H2,(H,17,18);/q;+1/p-1/b9-7+;/t12-;/m1./s1. The number of carboxylic acids is 1. The fraction of sp³-hybridized carbons (Fsp3) is 0.154. The van der Waals surface area contributed by atoms with Crippen LogP contribution in [-0.4, -0.2) is 41.3 Å². The van der Waals surface area contributed by atoms with E-state index < -0.39 is 38.5 Å². The first-order valence-electron chi connectivity index (χ1n) is 6.01. The quantitative estimate of drug-likeness (QED) is 0.309. The summed E-state index contributed by atoms with van der Waals surface area (Å²) in [6.07, 6.45) is 3.85. The van der Waals surface area contributed by atoms with Gasteiger partial charge in [0, 0.05) is 6.20 Å². The Morgan fingerprint density at radius 3 is 2.73 bits per heavy atom. The summed E-state index contributed by atoms with van der Waals surface area (Å²) in [6, 6.07) is 5.00. The number of aromatic nitrogens is 1. The van der Waals surface area contributed by atoms with Gasteiger partial charge in [0.15, 0.2) is 15.2 Å². The Hall–Kier alpha value is -1.48. The van der Waals surface area contributed by atoms with Gasteiger partial charge in [-0.2, -0.15) is 0 Å². The Morgan fingerprint density at radius 2 is 2.14 bits per heavy atom. The number of pyridine rings is 1. The molecule has 1 aromatic heterocycles. The minimum atomic E-state index is -3.65. The molecule has 1 amide bonds. The molecule has 0 unspecified atom stereocenters. The van der Waals surface area contributed by atoms with Gasteiger partial charge in [0.2, 0.25) is 0 Å². The molecule has 7 nitrogen and oxygen atoms in total. The van der Waals surface area contributed by atoms with E-state index >= 15 is 0 Å². The molecule has 0 saturated carbocycles. The van der Waals surface area contributed by atoms with Crippen molar-refractivity contribution in [2.24, 2.45) is 0 Å². The summed E-state index contributed by atoms with van der Waals surface area (Å²) in [4.78, 5) is 27.7. The molecule has 0 aliphatic carbocycles. The van der Waals surface area contributed by atoms with Crippen LogP contribution in [0, 0.1) is 0 Å². The predicted octanol–water partition coefficient (Wildman–Crippen LogP) is -4.30. The van der Waals surface area contributed by atoms with Gasteiger partial charge in [0.05, 0.1) is 28.7 Å². The summed E-state index contributed by atoms with van der Waals surface area (Å²) in [7, 11) is -3.65. The summed E-state index contributed by atoms with van der Waals surface area (Å²) >= 11 is 0. The number of carbonyl (C=O) groups is 2. The second-order valence-electron chi connectivity index (χ2n) is 4.59. The summed E-state index contributed by atoms with van der Waals surface area (Å²) in [6.45, 7) is 0. The van der Waals surface area contributed by atoms with Crippen LogP contribution in [0.15, 0.2) is 41.7 Å². The smallest absolute Gasteiger partial charge is 0.543 e. The van der Waals surface area contributed by atoms with Crippen molar-refractivity contribution in [3.63, 3.8) is 0 Å². The third kappa shape index (κ3) is 2.63. The van der Waals surface area contributed by atoms with E-state index in [9.17, 15) is 23.1 Å². The van der Waals surface area contributed by atoms with E-state index in [2.05, 4.69) is 4.98 Å². The van der Waals surface area contributed by atoms with Crippen molar-refractivity contribution < 1.29 is 52.7 Å². The molecule has 0 radical (unpaired) electrons. The number of nitrogens with zero attached hydrogens (tertiary/aromatic N) is 2. The largest absolute Gasteiger partial charge is 1.00 e. The number of sulfone groups is 1. The van der Waals surface area contributed by atoms with Crippen LogP contribution < -0.4 is 34.7 Å². The van der Waals surface area contributed by atoms with E-state index in [0.717, 1.165) is 11.0 Å². The molecular formula is C13H9N2NaO5S. The summed E-state index contributed by atoms with van der Waals surface area (Å²) in [5.74, 6) is -2.67. The molecule has 1 aromatic rings. The fourth-order valence-electron chi connectivity index (χ4n) is 2.33. The second kappa shape index (κ2) is 5.96. The van der Waals surface area contributed by atoms with E-state index in [1.54, 1.807) is 18.2 Å². The molecule has 0 aromatic carbocycles. The van der Waals surface area contributed by atoms with Gasteiger partial charge >= 0.3 is 29.6 Å². The monoisotopic (exact) mass is 328 g/mol. The van der Waals surface area contributed by atoms with Crippen molar-refractivity contribution in [3.8, 4) is 0 Å². The molecule has 0 bridgehead atoms. The molecular weight excluding hydrogens is 319 g/mol. The van der Waals surface area contributed by atoms with Gasteiger partial charge in [-0.05, 0) is 24.3 Å². The molecule has 1 atom stereocenters. The maximum absolute atomic E-state index is 12.0.